The topological polar surface area (TPSA) is 118 Å². The first kappa shape index (κ1) is 12.4. The molecule has 0 bridgehead atoms. The molecule has 0 aliphatic rings. The molecule has 102 valence electrons. The third-order valence-corrected chi connectivity index (χ3v) is 3.33. The summed E-state index contributed by atoms with van der Waals surface area (Å²) in [5.41, 5.74) is 6.86. The maximum atomic E-state index is 9.45. The minimum atomic E-state index is -0.235. The summed E-state index contributed by atoms with van der Waals surface area (Å²) < 4.78 is 5.12. The van der Waals surface area contributed by atoms with Gasteiger partial charge in [0.15, 0.2) is 16.6 Å². The van der Waals surface area contributed by atoms with Gasteiger partial charge in [-0.3, -0.25) is 0 Å². The Morgan fingerprint density at radius 1 is 1.20 bits per heavy atom. The molecule has 4 N–H and O–H groups in total. The summed E-state index contributed by atoms with van der Waals surface area (Å²) in [6.45, 7) is 0. The van der Waals surface area contributed by atoms with Crippen molar-refractivity contribution >= 4 is 16.5 Å². The van der Waals surface area contributed by atoms with E-state index < -0.39 is 0 Å². The van der Waals surface area contributed by atoms with Crippen LogP contribution in [0.1, 0.15) is 11.6 Å². The second kappa shape index (κ2) is 4.82. The maximum absolute atomic E-state index is 9.45. The molecule has 3 aromatic rings. The smallest absolute Gasteiger partial charge is 0.233 e. The van der Waals surface area contributed by atoms with Crippen LogP contribution < -0.4 is 5.73 Å². The summed E-state index contributed by atoms with van der Waals surface area (Å²) in [7, 11) is 0. The summed E-state index contributed by atoms with van der Waals surface area (Å²) >= 11 is 1.35. The van der Waals surface area contributed by atoms with Gasteiger partial charge in [-0.05, 0) is 18.2 Å². The van der Waals surface area contributed by atoms with Crippen molar-refractivity contribution in [2.24, 2.45) is 0 Å². The van der Waals surface area contributed by atoms with Crippen LogP contribution in [-0.2, 0) is 6.42 Å². The lowest BCUT2D eigenvalue weighted by Crippen LogP contribution is -1.90. The number of thiazole rings is 1. The Bertz CT molecular complexity index is 753. The molecule has 1 aromatic carbocycles. The van der Waals surface area contributed by atoms with Gasteiger partial charge in [-0.25, -0.2) is 4.98 Å². The zero-order chi connectivity index (χ0) is 14.1. The van der Waals surface area contributed by atoms with Gasteiger partial charge in [-0.1, -0.05) is 5.16 Å². The van der Waals surface area contributed by atoms with Crippen molar-refractivity contribution in [1.82, 2.24) is 15.1 Å². The molecule has 0 fully saturated rings. The number of phenolic OH excluding ortho intramolecular Hbond substituents is 2. The molecule has 2 aromatic heterocycles. The quantitative estimate of drug-likeness (QED) is 0.629. The van der Waals surface area contributed by atoms with Crippen molar-refractivity contribution in [2.75, 3.05) is 5.73 Å². The van der Waals surface area contributed by atoms with E-state index in [1.54, 1.807) is 6.07 Å². The summed E-state index contributed by atoms with van der Waals surface area (Å²) in [6, 6.07) is 4.32. The first-order valence-corrected chi connectivity index (χ1v) is 6.54. The average Bonchev–Trinajstić information content (AvgIpc) is 3.03. The minimum absolute atomic E-state index is 0.199. The molecular weight excluding hydrogens is 280 g/mol. The van der Waals surface area contributed by atoms with Crippen LogP contribution in [0.15, 0.2) is 28.1 Å². The summed E-state index contributed by atoms with van der Waals surface area (Å²) in [6.07, 6.45) is 0.394. The molecule has 7 nitrogen and oxygen atoms in total. The molecule has 3 rings (SSSR count). The fourth-order valence-electron chi connectivity index (χ4n) is 1.67. The summed E-state index contributed by atoms with van der Waals surface area (Å²) in [5.74, 6) is 0.299. The molecule has 0 atom stereocenters. The first-order valence-electron chi connectivity index (χ1n) is 5.66. The number of benzene rings is 1. The summed E-state index contributed by atoms with van der Waals surface area (Å²) in [5, 5.41) is 24.8. The van der Waals surface area contributed by atoms with Crippen LogP contribution in [0.5, 0.6) is 11.5 Å². The first-order chi connectivity index (χ1) is 9.61. The Kier molecular flexibility index (Phi) is 2.99. The van der Waals surface area contributed by atoms with E-state index in [2.05, 4.69) is 15.1 Å². The Morgan fingerprint density at radius 3 is 2.75 bits per heavy atom. The number of anilines is 1. The van der Waals surface area contributed by atoms with Gasteiger partial charge in [0.05, 0.1) is 12.1 Å². The number of hydrogen-bond acceptors (Lipinski definition) is 8. The zero-order valence-corrected chi connectivity index (χ0v) is 11.0. The van der Waals surface area contributed by atoms with Crippen molar-refractivity contribution in [3.63, 3.8) is 0 Å². The third-order valence-electron chi connectivity index (χ3n) is 2.60. The van der Waals surface area contributed by atoms with E-state index in [0.29, 0.717) is 28.8 Å². The fourth-order valence-corrected chi connectivity index (χ4v) is 2.23. The number of nitrogens with zero attached hydrogens (tertiary/aromatic N) is 3. The molecule has 20 heavy (non-hydrogen) atoms. The van der Waals surface area contributed by atoms with E-state index in [0.717, 1.165) is 5.69 Å². The summed E-state index contributed by atoms with van der Waals surface area (Å²) in [4.78, 5) is 8.32. The molecule has 0 aliphatic carbocycles. The highest BCUT2D eigenvalue weighted by atomic mass is 32.1. The van der Waals surface area contributed by atoms with E-state index in [-0.39, 0.29) is 11.5 Å². The van der Waals surface area contributed by atoms with Crippen molar-refractivity contribution in [2.45, 2.75) is 6.42 Å². The SMILES string of the molecule is Nc1nc(Cc2nc(-c3ccc(O)c(O)c3)no2)cs1. The molecule has 0 saturated carbocycles. The van der Waals surface area contributed by atoms with Crippen LogP contribution in [0.2, 0.25) is 0 Å². The molecule has 2 heterocycles. The number of nitrogen functional groups attached to an aromatic ring is 1. The van der Waals surface area contributed by atoms with Crippen LogP contribution in [0, 0.1) is 0 Å². The van der Waals surface area contributed by atoms with Gasteiger partial charge in [0, 0.05) is 10.9 Å². The lowest BCUT2D eigenvalue weighted by Gasteiger charge is -1.98. The van der Waals surface area contributed by atoms with Crippen LogP contribution in [0.3, 0.4) is 0 Å². The Morgan fingerprint density at radius 2 is 2.05 bits per heavy atom. The molecule has 0 radical (unpaired) electrons. The molecular formula is C12H10N4O3S. The highest BCUT2D eigenvalue weighted by molar-refractivity contribution is 7.13. The van der Waals surface area contributed by atoms with E-state index >= 15 is 0 Å². The Balaban J connectivity index is 1.84. The zero-order valence-electron chi connectivity index (χ0n) is 10.1. The molecule has 8 heteroatoms. The van der Waals surface area contributed by atoms with Crippen molar-refractivity contribution in [3.8, 4) is 22.9 Å². The van der Waals surface area contributed by atoms with Crippen molar-refractivity contribution in [3.05, 3.63) is 35.2 Å². The van der Waals surface area contributed by atoms with Crippen LogP contribution in [-0.4, -0.2) is 25.3 Å². The van der Waals surface area contributed by atoms with Crippen LogP contribution in [0.25, 0.3) is 11.4 Å². The predicted octanol–water partition coefficient (Wildman–Crippen LogP) is 1.78. The van der Waals surface area contributed by atoms with Gasteiger partial charge in [-0.2, -0.15) is 4.98 Å². The number of phenols is 2. The monoisotopic (exact) mass is 290 g/mol. The van der Waals surface area contributed by atoms with E-state index in [4.69, 9.17) is 10.3 Å². The van der Waals surface area contributed by atoms with Gasteiger partial charge >= 0.3 is 0 Å². The van der Waals surface area contributed by atoms with Crippen LogP contribution >= 0.6 is 11.3 Å². The highest BCUT2D eigenvalue weighted by Crippen LogP contribution is 2.29. The number of rotatable bonds is 3. The number of aromatic nitrogens is 3. The molecule has 0 amide bonds. The number of aromatic hydroxyl groups is 2. The van der Waals surface area contributed by atoms with Gasteiger partial charge < -0.3 is 20.5 Å². The lowest BCUT2D eigenvalue weighted by atomic mass is 10.2. The number of hydrogen-bond donors (Lipinski definition) is 3. The average molecular weight is 290 g/mol. The van der Waals surface area contributed by atoms with Gasteiger partial charge in [0.2, 0.25) is 11.7 Å². The van der Waals surface area contributed by atoms with Gasteiger partial charge in [0.25, 0.3) is 0 Å². The van der Waals surface area contributed by atoms with Crippen LogP contribution in [0.4, 0.5) is 5.13 Å². The van der Waals surface area contributed by atoms with Gasteiger partial charge in [0.1, 0.15) is 0 Å². The maximum Gasteiger partial charge on any atom is 0.233 e. The Labute approximate surface area is 117 Å². The van der Waals surface area contributed by atoms with Crippen molar-refractivity contribution < 1.29 is 14.7 Å². The Hall–Kier alpha value is -2.61. The van der Waals surface area contributed by atoms with E-state index in [1.807, 2.05) is 5.38 Å². The third kappa shape index (κ3) is 2.41. The standard InChI is InChI=1S/C12H10N4O3S/c13-12-14-7(5-20-12)4-10-15-11(16-19-10)6-1-2-8(17)9(18)3-6/h1-3,5,17-18H,4H2,(H2,13,14). The van der Waals surface area contributed by atoms with Crippen molar-refractivity contribution in [1.29, 1.82) is 0 Å². The molecule has 0 aliphatic heterocycles. The normalized spacial score (nSPS) is 10.8. The molecule has 0 unspecified atom stereocenters. The second-order valence-electron chi connectivity index (χ2n) is 4.07. The van der Waals surface area contributed by atoms with E-state index in [9.17, 15) is 10.2 Å². The largest absolute Gasteiger partial charge is 0.504 e. The second-order valence-corrected chi connectivity index (χ2v) is 4.96. The van der Waals surface area contributed by atoms with Gasteiger partial charge in [-0.15, -0.1) is 11.3 Å². The predicted molar refractivity (Wildman–Crippen MR) is 72.4 cm³/mol. The molecule has 0 saturated heterocycles. The fraction of sp³-hybridized carbons (Fsp3) is 0.0833. The number of nitrogens with two attached hydrogens (primary N) is 1. The minimum Gasteiger partial charge on any atom is -0.504 e. The van der Waals surface area contributed by atoms with E-state index in [1.165, 1.54) is 23.5 Å². The molecule has 0 spiro atoms. The lowest BCUT2D eigenvalue weighted by molar-refractivity contribution is 0.385. The highest BCUT2D eigenvalue weighted by Gasteiger charge is 2.12.